The van der Waals surface area contributed by atoms with Crippen LogP contribution in [0.4, 0.5) is 0 Å². The summed E-state index contributed by atoms with van der Waals surface area (Å²) in [6.45, 7) is 2.95. The van der Waals surface area contributed by atoms with Crippen LogP contribution in [0.15, 0.2) is 24.3 Å². The number of benzene rings is 1. The van der Waals surface area contributed by atoms with Crippen LogP contribution in [0.5, 0.6) is 5.75 Å². The van der Waals surface area contributed by atoms with E-state index in [-0.39, 0.29) is 0 Å². The molecule has 0 atom stereocenters. The lowest BCUT2D eigenvalue weighted by molar-refractivity contribution is 0.358. The summed E-state index contributed by atoms with van der Waals surface area (Å²) in [5.74, 6) is 1.02. The molecule has 0 bridgehead atoms. The molecule has 0 N–H and O–H groups in total. The summed E-state index contributed by atoms with van der Waals surface area (Å²) in [6.07, 6.45) is 9.31. The van der Waals surface area contributed by atoms with Crippen molar-refractivity contribution in [1.82, 2.24) is 0 Å². The number of ether oxygens (including phenoxy) is 1. The van der Waals surface area contributed by atoms with Crippen LogP contribution in [0.25, 0.3) is 6.08 Å². The molecule has 0 unspecified atom stereocenters. The van der Waals surface area contributed by atoms with Gasteiger partial charge in [-0.15, -0.1) is 0 Å². The van der Waals surface area contributed by atoms with Gasteiger partial charge in [-0.1, -0.05) is 31.9 Å². The first kappa shape index (κ1) is 10.3. The third-order valence-electron chi connectivity index (χ3n) is 2.78. The van der Waals surface area contributed by atoms with Gasteiger partial charge in [-0.25, -0.2) is 0 Å². The molecular weight excluding hydrogens is 184 g/mol. The van der Waals surface area contributed by atoms with E-state index < -0.39 is 0 Å². The van der Waals surface area contributed by atoms with E-state index in [1.165, 1.54) is 36.8 Å². The monoisotopic (exact) mass is 202 g/mol. The van der Waals surface area contributed by atoms with Crippen molar-refractivity contribution in [2.45, 2.75) is 32.6 Å². The lowest BCUT2D eigenvalue weighted by atomic mass is 10.0. The highest BCUT2D eigenvalue weighted by molar-refractivity contribution is 5.60. The molecule has 0 saturated carbocycles. The molecule has 2 rings (SSSR count). The Labute approximate surface area is 91.8 Å². The zero-order valence-electron chi connectivity index (χ0n) is 9.33. The van der Waals surface area contributed by atoms with Crippen molar-refractivity contribution in [3.8, 4) is 5.75 Å². The zero-order chi connectivity index (χ0) is 10.5. The number of fused-ring (bicyclic) bond motifs is 1. The van der Waals surface area contributed by atoms with Gasteiger partial charge in [-0.3, -0.25) is 0 Å². The van der Waals surface area contributed by atoms with Crippen LogP contribution in [0.1, 0.15) is 37.3 Å². The molecule has 0 saturated heterocycles. The molecular formula is C14H18O. The Morgan fingerprint density at radius 2 is 2.20 bits per heavy atom. The minimum absolute atomic E-state index is 0.710. The molecule has 0 radical (unpaired) electrons. The average molecular weight is 202 g/mol. The fourth-order valence-electron chi connectivity index (χ4n) is 1.91. The van der Waals surface area contributed by atoms with Crippen LogP contribution < -0.4 is 4.74 Å². The third-order valence-corrected chi connectivity index (χ3v) is 2.78. The van der Waals surface area contributed by atoms with Crippen LogP contribution in [-0.2, 0) is 6.42 Å². The topological polar surface area (TPSA) is 9.23 Å². The van der Waals surface area contributed by atoms with E-state index in [2.05, 4.69) is 37.3 Å². The molecule has 1 heterocycles. The molecule has 15 heavy (non-hydrogen) atoms. The first-order chi connectivity index (χ1) is 7.40. The van der Waals surface area contributed by atoms with E-state index in [1.54, 1.807) is 0 Å². The standard InChI is InChI=1S/C14H18O/c1-2-3-4-6-12-8-9-14-13(11-12)7-5-10-15-14/h5,7-9,11H,2-4,6,10H2,1H3. The predicted molar refractivity (Wildman–Crippen MR) is 64.2 cm³/mol. The quantitative estimate of drug-likeness (QED) is 0.674. The third kappa shape index (κ3) is 2.62. The van der Waals surface area contributed by atoms with Crippen LogP contribution in [0, 0.1) is 0 Å². The normalized spacial score (nSPS) is 13.4. The number of hydrogen-bond acceptors (Lipinski definition) is 1. The lowest BCUT2D eigenvalue weighted by Crippen LogP contribution is -2.00. The molecule has 0 aromatic heterocycles. The van der Waals surface area contributed by atoms with Gasteiger partial charge >= 0.3 is 0 Å². The summed E-state index contributed by atoms with van der Waals surface area (Å²) in [5, 5.41) is 0. The average Bonchev–Trinajstić information content (AvgIpc) is 2.29. The second-order valence-electron chi connectivity index (χ2n) is 4.04. The van der Waals surface area contributed by atoms with Gasteiger partial charge in [0.15, 0.2) is 0 Å². The molecule has 1 aromatic carbocycles. The Balaban J connectivity index is 2.05. The largest absolute Gasteiger partial charge is 0.489 e. The SMILES string of the molecule is CCCCCc1ccc2c(c1)C=CCO2. The second-order valence-corrected chi connectivity index (χ2v) is 4.04. The van der Waals surface area contributed by atoms with Crippen molar-refractivity contribution in [2.24, 2.45) is 0 Å². The van der Waals surface area contributed by atoms with Crippen molar-refractivity contribution in [1.29, 1.82) is 0 Å². The summed E-state index contributed by atoms with van der Waals surface area (Å²) >= 11 is 0. The molecule has 80 valence electrons. The highest BCUT2D eigenvalue weighted by Gasteiger charge is 2.05. The summed E-state index contributed by atoms with van der Waals surface area (Å²) < 4.78 is 5.52. The Morgan fingerprint density at radius 1 is 1.27 bits per heavy atom. The highest BCUT2D eigenvalue weighted by Crippen LogP contribution is 2.25. The lowest BCUT2D eigenvalue weighted by Gasteiger charge is -2.13. The van der Waals surface area contributed by atoms with E-state index in [0.29, 0.717) is 6.61 Å². The molecule has 0 spiro atoms. The highest BCUT2D eigenvalue weighted by atomic mass is 16.5. The van der Waals surface area contributed by atoms with Crippen LogP contribution >= 0.6 is 0 Å². The number of unbranched alkanes of at least 4 members (excludes halogenated alkanes) is 2. The van der Waals surface area contributed by atoms with Crippen LogP contribution in [0.2, 0.25) is 0 Å². The van der Waals surface area contributed by atoms with Crippen molar-refractivity contribution < 1.29 is 4.74 Å². The molecule has 1 aliphatic heterocycles. The van der Waals surface area contributed by atoms with Gasteiger partial charge in [-0.2, -0.15) is 0 Å². The molecule has 0 fully saturated rings. The van der Waals surface area contributed by atoms with Gasteiger partial charge < -0.3 is 4.74 Å². The summed E-state index contributed by atoms with van der Waals surface area (Å²) in [4.78, 5) is 0. The summed E-state index contributed by atoms with van der Waals surface area (Å²) in [6, 6.07) is 6.54. The van der Waals surface area contributed by atoms with Gasteiger partial charge in [0.2, 0.25) is 0 Å². The summed E-state index contributed by atoms with van der Waals surface area (Å²) in [7, 11) is 0. The van der Waals surface area contributed by atoms with Gasteiger partial charge in [0.25, 0.3) is 0 Å². The maximum absolute atomic E-state index is 5.52. The number of hydrogen-bond donors (Lipinski definition) is 0. The van der Waals surface area contributed by atoms with Crippen LogP contribution in [-0.4, -0.2) is 6.61 Å². The first-order valence-electron chi connectivity index (χ1n) is 5.82. The second kappa shape index (κ2) is 5.01. The van der Waals surface area contributed by atoms with Gasteiger partial charge in [0.05, 0.1) is 0 Å². The van der Waals surface area contributed by atoms with E-state index in [9.17, 15) is 0 Å². The Morgan fingerprint density at radius 3 is 3.07 bits per heavy atom. The van der Waals surface area contributed by atoms with Crippen LogP contribution in [0.3, 0.4) is 0 Å². The first-order valence-corrected chi connectivity index (χ1v) is 5.82. The number of rotatable bonds is 4. The fraction of sp³-hybridized carbons (Fsp3) is 0.429. The molecule has 0 amide bonds. The van der Waals surface area contributed by atoms with E-state index >= 15 is 0 Å². The Kier molecular flexibility index (Phi) is 3.44. The van der Waals surface area contributed by atoms with E-state index in [1.807, 2.05) is 0 Å². The van der Waals surface area contributed by atoms with Gasteiger partial charge in [-0.05, 0) is 36.6 Å². The van der Waals surface area contributed by atoms with E-state index in [4.69, 9.17) is 4.74 Å². The summed E-state index contributed by atoms with van der Waals surface area (Å²) in [5.41, 5.74) is 2.66. The fourth-order valence-corrected chi connectivity index (χ4v) is 1.91. The Bertz CT molecular complexity index is 352. The maximum Gasteiger partial charge on any atom is 0.127 e. The van der Waals surface area contributed by atoms with Crippen molar-refractivity contribution in [2.75, 3.05) is 6.61 Å². The van der Waals surface area contributed by atoms with Crippen molar-refractivity contribution in [3.05, 3.63) is 35.4 Å². The van der Waals surface area contributed by atoms with Gasteiger partial charge in [0.1, 0.15) is 12.4 Å². The zero-order valence-corrected chi connectivity index (χ0v) is 9.33. The smallest absolute Gasteiger partial charge is 0.127 e. The molecule has 0 aliphatic carbocycles. The molecule has 1 aromatic rings. The molecule has 1 nitrogen and oxygen atoms in total. The van der Waals surface area contributed by atoms with Crippen molar-refractivity contribution >= 4 is 6.08 Å². The molecule has 1 aliphatic rings. The minimum atomic E-state index is 0.710. The number of aryl methyl sites for hydroxylation is 1. The molecule has 1 heteroatoms. The van der Waals surface area contributed by atoms with Crippen molar-refractivity contribution in [3.63, 3.8) is 0 Å². The van der Waals surface area contributed by atoms with E-state index in [0.717, 1.165) is 5.75 Å². The minimum Gasteiger partial charge on any atom is -0.489 e. The van der Waals surface area contributed by atoms with Gasteiger partial charge in [0, 0.05) is 5.56 Å². The predicted octanol–water partition coefficient (Wildman–Crippen LogP) is 3.82. The Hall–Kier alpha value is -1.24. The maximum atomic E-state index is 5.52.